The van der Waals surface area contributed by atoms with E-state index in [4.69, 9.17) is 5.73 Å². The highest BCUT2D eigenvalue weighted by Crippen LogP contribution is 2.36. The summed E-state index contributed by atoms with van der Waals surface area (Å²) in [6, 6.07) is 6.95. The second kappa shape index (κ2) is 6.03. The molecule has 2 rings (SSSR count). The van der Waals surface area contributed by atoms with Crippen LogP contribution in [0.4, 0.5) is 0 Å². The summed E-state index contributed by atoms with van der Waals surface area (Å²) >= 11 is 0. The molecule has 19 heavy (non-hydrogen) atoms. The Morgan fingerprint density at radius 3 is 2.47 bits per heavy atom. The first kappa shape index (κ1) is 14.5. The van der Waals surface area contributed by atoms with Gasteiger partial charge in [0.25, 0.3) is 0 Å². The molecule has 3 N–H and O–H groups in total. The fourth-order valence-electron chi connectivity index (χ4n) is 2.16. The van der Waals surface area contributed by atoms with Crippen LogP contribution >= 0.6 is 0 Å². The minimum Gasteiger partial charge on any atom is -0.330 e. The molecule has 1 aromatic carbocycles. The average Bonchev–Trinajstić information content (AvgIpc) is 3.21. The number of sulfonamides is 1. The molecule has 0 heterocycles. The van der Waals surface area contributed by atoms with E-state index >= 15 is 0 Å². The Morgan fingerprint density at radius 2 is 1.95 bits per heavy atom. The zero-order valence-corrected chi connectivity index (χ0v) is 12.1. The van der Waals surface area contributed by atoms with Gasteiger partial charge in [0.1, 0.15) is 0 Å². The maximum atomic E-state index is 12.1. The van der Waals surface area contributed by atoms with Gasteiger partial charge in [0, 0.05) is 6.54 Å². The Morgan fingerprint density at radius 1 is 1.32 bits per heavy atom. The van der Waals surface area contributed by atoms with E-state index in [1.807, 2.05) is 12.1 Å². The van der Waals surface area contributed by atoms with E-state index in [1.54, 1.807) is 12.1 Å². The fourth-order valence-corrected chi connectivity index (χ4v) is 3.30. The van der Waals surface area contributed by atoms with E-state index < -0.39 is 10.0 Å². The van der Waals surface area contributed by atoms with Gasteiger partial charge in [-0.3, -0.25) is 0 Å². The van der Waals surface area contributed by atoms with Gasteiger partial charge in [0.05, 0.1) is 4.90 Å². The average molecular weight is 282 g/mol. The third-order valence-electron chi connectivity index (χ3n) is 3.69. The van der Waals surface area contributed by atoms with Gasteiger partial charge < -0.3 is 5.73 Å². The monoisotopic (exact) mass is 282 g/mol. The molecule has 0 amide bonds. The summed E-state index contributed by atoms with van der Waals surface area (Å²) in [5.74, 6) is 1.13. The van der Waals surface area contributed by atoms with Gasteiger partial charge in [-0.15, -0.1) is 0 Å². The molecule has 1 aromatic rings. The van der Waals surface area contributed by atoms with E-state index in [1.165, 1.54) is 12.8 Å². The SMILES string of the molecule is CC(CNS(=O)(=O)c1ccc(CCN)cc1)C1CC1. The van der Waals surface area contributed by atoms with E-state index in [0.717, 1.165) is 12.0 Å². The molecule has 0 aliphatic heterocycles. The Balaban J connectivity index is 1.97. The lowest BCUT2D eigenvalue weighted by atomic mass is 10.1. The minimum absolute atomic E-state index is 0.330. The molecule has 5 heteroatoms. The van der Waals surface area contributed by atoms with Crippen molar-refractivity contribution in [3.63, 3.8) is 0 Å². The molecule has 0 aromatic heterocycles. The van der Waals surface area contributed by atoms with Gasteiger partial charge in [-0.05, 0) is 55.3 Å². The number of hydrogen-bond acceptors (Lipinski definition) is 3. The highest BCUT2D eigenvalue weighted by molar-refractivity contribution is 7.89. The second-order valence-electron chi connectivity index (χ2n) is 5.35. The van der Waals surface area contributed by atoms with Crippen molar-refractivity contribution < 1.29 is 8.42 Å². The van der Waals surface area contributed by atoms with Gasteiger partial charge in [0.2, 0.25) is 10.0 Å². The van der Waals surface area contributed by atoms with Crippen molar-refractivity contribution >= 4 is 10.0 Å². The van der Waals surface area contributed by atoms with Crippen LogP contribution < -0.4 is 10.5 Å². The number of nitrogens with two attached hydrogens (primary N) is 1. The van der Waals surface area contributed by atoms with E-state index in [0.29, 0.717) is 29.8 Å². The van der Waals surface area contributed by atoms with Gasteiger partial charge in [0.15, 0.2) is 0 Å². The molecule has 0 saturated heterocycles. The maximum Gasteiger partial charge on any atom is 0.240 e. The minimum atomic E-state index is -3.37. The lowest BCUT2D eigenvalue weighted by Crippen LogP contribution is -2.29. The summed E-state index contributed by atoms with van der Waals surface area (Å²) in [5.41, 5.74) is 6.53. The van der Waals surface area contributed by atoms with Gasteiger partial charge in [-0.2, -0.15) is 0 Å². The summed E-state index contributed by atoms with van der Waals surface area (Å²) in [5, 5.41) is 0. The van der Waals surface area contributed by atoms with Crippen molar-refractivity contribution in [1.82, 2.24) is 4.72 Å². The summed E-state index contributed by atoms with van der Waals surface area (Å²) in [4.78, 5) is 0.330. The van der Waals surface area contributed by atoms with Crippen molar-refractivity contribution in [3.05, 3.63) is 29.8 Å². The predicted octanol–water partition coefficient (Wildman–Crippen LogP) is 1.51. The quantitative estimate of drug-likeness (QED) is 0.796. The summed E-state index contributed by atoms with van der Waals surface area (Å²) in [6.07, 6.45) is 3.24. The molecule has 1 unspecified atom stereocenters. The molecule has 1 atom stereocenters. The largest absolute Gasteiger partial charge is 0.330 e. The van der Waals surface area contributed by atoms with Crippen molar-refractivity contribution in [1.29, 1.82) is 0 Å². The molecule has 0 spiro atoms. The zero-order chi connectivity index (χ0) is 13.9. The number of hydrogen-bond donors (Lipinski definition) is 2. The molecular weight excluding hydrogens is 260 g/mol. The van der Waals surface area contributed by atoms with Crippen LogP contribution in [0.1, 0.15) is 25.3 Å². The number of nitrogens with one attached hydrogen (secondary N) is 1. The van der Waals surface area contributed by atoms with Crippen molar-refractivity contribution in [2.45, 2.75) is 31.1 Å². The third-order valence-corrected chi connectivity index (χ3v) is 5.13. The Labute approximate surface area is 115 Å². The smallest absolute Gasteiger partial charge is 0.240 e. The van der Waals surface area contributed by atoms with Crippen LogP contribution in [0, 0.1) is 11.8 Å². The second-order valence-corrected chi connectivity index (χ2v) is 7.12. The number of rotatable bonds is 7. The van der Waals surface area contributed by atoms with E-state index in [2.05, 4.69) is 11.6 Å². The maximum absolute atomic E-state index is 12.1. The first-order valence-corrected chi connectivity index (χ1v) is 8.30. The fraction of sp³-hybridized carbons (Fsp3) is 0.571. The normalized spacial score (nSPS) is 17.4. The lowest BCUT2D eigenvalue weighted by molar-refractivity contribution is 0.492. The summed E-state index contributed by atoms with van der Waals surface area (Å²) in [6.45, 7) is 3.20. The van der Waals surface area contributed by atoms with E-state index in [9.17, 15) is 8.42 Å². The molecule has 4 nitrogen and oxygen atoms in total. The lowest BCUT2D eigenvalue weighted by Gasteiger charge is -2.12. The van der Waals surface area contributed by atoms with Crippen LogP contribution in [0.5, 0.6) is 0 Å². The highest BCUT2D eigenvalue weighted by atomic mass is 32.2. The van der Waals surface area contributed by atoms with E-state index in [-0.39, 0.29) is 0 Å². The number of benzene rings is 1. The van der Waals surface area contributed by atoms with Crippen LogP contribution in [0.3, 0.4) is 0 Å². The molecule has 1 aliphatic rings. The molecule has 0 radical (unpaired) electrons. The Kier molecular flexibility index (Phi) is 4.60. The van der Waals surface area contributed by atoms with Crippen LogP contribution in [-0.4, -0.2) is 21.5 Å². The van der Waals surface area contributed by atoms with Crippen molar-refractivity contribution in [2.24, 2.45) is 17.6 Å². The van der Waals surface area contributed by atoms with Gasteiger partial charge in [-0.25, -0.2) is 13.1 Å². The topological polar surface area (TPSA) is 72.2 Å². The van der Waals surface area contributed by atoms with Crippen LogP contribution in [0.15, 0.2) is 29.2 Å². The zero-order valence-electron chi connectivity index (χ0n) is 11.3. The molecule has 1 saturated carbocycles. The van der Waals surface area contributed by atoms with Crippen molar-refractivity contribution in [2.75, 3.05) is 13.1 Å². The van der Waals surface area contributed by atoms with Crippen LogP contribution in [0.2, 0.25) is 0 Å². The first-order valence-electron chi connectivity index (χ1n) is 6.81. The van der Waals surface area contributed by atoms with Gasteiger partial charge in [-0.1, -0.05) is 19.1 Å². The van der Waals surface area contributed by atoms with Crippen LogP contribution in [-0.2, 0) is 16.4 Å². The van der Waals surface area contributed by atoms with Crippen molar-refractivity contribution in [3.8, 4) is 0 Å². The standard InChI is InChI=1S/C14H22N2O2S/c1-11(13-4-5-13)10-16-19(17,18)14-6-2-12(3-7-14)8-9-15/h2-3,6-7,11,13,16H,4-5,8-10,15H2,1H3. The molecule has 0 bridgehead atoms. The molecule has 1 aliphatic carbocycles. The molecular formula is C14H22N2O2S. The summed E-state index contributed by atoms with van der Waals surface area (Å²) in [7, 11) is -3.37. The third kappa shape index (κ3) is 4.03. The Bertz CT molecular complexity index is 507. The first-order chi connectivity index (χ1) is 9.03. The molecule has 1 fully saturated rings. The highest BCUT2D eigenvalue weighted by Gasteiger charge is 2.28. The van der Waals surface area contributed by atoms with Crippen LogP contribution in [0.25, 0.3) is 0 Å². The van der Waals surface area contributed by atoms with Gasteiger partial charge >= 0.3 is 0 Å². The predicted molar refractivity (Wildman–Crippen MR) is 76.3 cm³/mol. The molecule has 106 valence electrons. The Hall–Kier alpha value is -0.910. The summed E-state index contributed by atoms with van der Waals surface area (Å²) < 4.78 is 26.9.